The van der Waals surface area contributed by atoms with E-state index in [0.717, 1.165) is 29.5 Å². The number of carbonyl (C=O) groups is 1. The van der Waals surface area contributed by atoms with Gasteiger partial charge < -0.3 is 0 Å². The van der Waals surface area contributed by atoms with Crippen LogP contribution >= 0.6 is 23.2 Å². The summed E-state index contributed by atoms with van der Waals surface area (Å²) in [5.74, 6) is -2.06. The first kappa shape index (κ1) is 22.6. The van der Waals surface area contributed by atoms with Crippen LogP contribution in [0.25, 0.3) is 11.3 Å². The van der Waals surface area contributed by atoms with E-state index in [2.05, 4.69) is 20.6 Å². The van der Waals surface area contributed by atoms with Crippen LogP contribution in [0, 0.1) is 11.6 Å². The number of nitrogens with one attached hydrogen (secondary N) is 1. The number of nitrogens with zero attached hydrogens (tertiary/aromatic N) is 4. The highest BCUT2D eigenvalue weighted by molar-refractivity contribution is 6.30. The number of halogens is 4. The van der Waals surface area contributed by atoms with Crippen molar-refractivity contribution >= 4 is 35.3 Å². The lowest BCUT2D eigenvalue weighted by Gasteiger charge is -2.06. The van der Waals surface area contributed by atoms with Crippen molar-refractivity contribution < 1.29 is 13.6 Å². The van der Waals surface area contributed by atoms with Gasteiger partial charge in [0, 0.05) is 28.4 Å². The standard InChI is InChI=1S/C23H15Cl2F2N5O/c24-17-5-2-15(3-6-17)20-10-21(32(31-20)13-14-1-8-22(25)28-11-14)23(33)30-29-12-16-4-7-18(26)9-19(16)27/h1-12H,13H2,(H,30,33)/b29-12+. The molecule has 0 aliphatic heterocycles. The molecular formula is C23H15Cl2F2N5O. The van der Waals surface area contributed by atoms with E-state index in [4.69, 9.17) is 23.2 Å². The summed E-state index contributed by atoms with van der Waals surface area (Å²) in [6.45, 7) is 0.247. The number of pyridine rings is 1. The number of hydrogen-bond acceptors (Lipinski definition) is 4. The Morgan fingerprint density at radius 3 is 2.55 bits per heavy atom. The van der Waals surface area contributed by atoms with E-state index in [1.165, 1.54) is 10.7 Å². The molecule has 0 bridgehead atoms. The third kappa shape index (κ3) is 5.60. The SMILES string of the molecule is O=C(N/N=C/c1ccc(F)cc1F)c1cc(-c2ccc(Cl)cc2)nn1Cc1ccc(Cl)nc1. The number of benzene rings is 2. The summed E-state index contributed by atoms with van der Waals surface area (Å²) < 4.78 is 28.3. The Hall–Kier alpha value is -3.62. The van der Waals surface area contributed by atoms with Gasteiger partial charge in [0.05, 0.1) is 18.5 Å². The van der Waals surface area contributed by atoms with Crippen LogP contribution in [0.3, 0.4) is 0 Å². The normalized spacial score (nSPS) is 11.2. The molecule has 6 nitrogen and oxygen atoms in total. The summed E-state index contributed by atoms with van der Waals surface area (Å²) in [5.41, 5.74) is 4.68. The van der Waals surface area contributed by atoms with Crippen LogP contribution in [0.15, 0.2) is 72.0 Å². The molecule has 0 saturated carbocycles. The molecule has 0 fully saturated rings. The van der Waals surface area contributed by atoms with Crippen LogP contribution in [-0.2, 0) is 6.54 Å². The smallest absolute Gasteiger partial charge is 0.266 e. The van der Waals surface area contributed by atoms with E-state index in [0.29, 0.717) is 15.9 Å². The Morgan fingerprint density at radius 1 is 1.06 bits per heavy atom. The maximum atomic E-state index is 13.8. The molecule has 2 aromatic heterocycles. The summed E-state index contributed by atoms with van der Waals surface area (Å²) in [5, 5.41) is 9.25. The third-order valence-electron chi connectivity index (χ3n) is 4.61. The Balaban J connectivity index is 1.61. The van der Waals surface area contributed by atoms with Crippen LogP contribution in [0.1, 0.15) is 21.6 Å². The van der Waals surface area contributed by atoms with E-state index in [1.54, 1.807) is 48.7 Å². The van der Waals surface area contributed by atoms with E-state index >= 15 is 0 Å². The van der Waals surface area contributed by atoms with Gasteiger partial charge in [-0.25, -0.2) is 19.2 Å². The Kier molecular flexibility index (Phi) is 6.76. The quantitative estimate of drug-likeness (QED) is 0.227. The average Bonchev–Trinajstić information content (AvgIpc) is 3.21. The molecule has 33 heavy (non-hydrogen) atoms. The fourth-order valence-electron chi connectivity index (χ4n) is 2.98. The average molecular weight is 486 g/mol. The molecule has 1 amide bonds. The number of amides is 1. The summed E-state index contributed by atoms with van der Waals surface area (Å²) >= 11 is 11.8. The highest BCUT2D eigenvalue weighted by atomic mass is 35.5. The van der Waals surface area contributed by atoms with Crippen molar-refractivity contribution in [2.45, 2.75) is 6.54 Å². The van der Waals surface area contributed by atoms with Crippen molar-refractivity contribution in [3.63, 3.8) is 0 Å². The van der Waals surface area contributed by atoms with Crippen molar-refractivity contribution in [1.82, 2.24) is 20.2 Å². The van der Waals surface area contributed by atoms with Crippen LogP contribution in [-0.4, -0.2) is 26.9 Å². The molecule has 10 heteroatoms. The van der Waals surface area contributed by atoms with Gasteiger partial charge in [-0.3, -0.25) is 9.48 Å². The Bertz CT molecular complexity index is 1320. The second-order valence-corrected chi connectivity index (χ2v) is 7.76. The Morgan fingerprint density at radius 2 is 1.85 bits per heavy atom. The number of aromatic nitrogens is 3. The monoisotopic (exact) mass is 485 g/mol. The highest BCUT2D eigenvalue weighted by Crippen LogP contribution is 2.22. The fraction of sp³-hybridized carbons (Fsp3) is 0.0435. The molecule has 0 unspecified atom stereocenters. The fourth-order valence-corrected chi connectivity index (χ4v) is 3.22. The van der Waals surface area contributed by atoms with Crippen molar-refractivity contribution in [3.8, 4) is 11.3 Å². The van der Waals surface area contributed by atoms with Gasteiger partial charge in [-0.15, -0.1) is 0 Å². The van der Waals surface area contributed by atoms with E-state index in [1.807, 2.05) is 0 Å². The third-order valence-corrected chi connectivity index (χ3v) is 5.08. The Labute approximate surface area is 197 Å². The van der Waals surface area contributed by atoms with Crippen LogP contribution in [0.2, 0.25) is 10.2 Å². The van der Waals surface area contributed by atoms with Gasteiger partial charge in [0.25, 0.3) is 5.91 Å². The number of carbonyl (C=O) groups excluding carboxylic acids is 1. The van der Waals surface area contributed by atoms with Gasteiger partial charge in [0.1, 0.15) is 22.5 Å². The predicted octanol–water partition coefficient (Wildman–Crippen LogP) is 5.34. The van der Waals surface area contributed by atoms with Crippen molar-refractivity contribution in [2.75, 3.05) is 0 Å². The van der Waals surface area contributed by atoms with Gasteiger partial charge in [0.15, 0.2) is 0 Å². The zero-order valence-corrected chi connectivity index (χ0v) is 18.4. The molecule has 0 atom stereocenters. The second kappa shape index (κ2) is 9.89. The largest absolute Gasteiger partial charge is 0.289 e. The molecule has 4 aromatic rings. The minimum absolute atomic E-state index is 0.0271. The minimum atomic E-state index is -0.793. The molecule has 2 aromatic carbocycles. The molecule has 0 aliphatic rings. The maximum Gasteiger partial charge on any atom is 0.289 e. The van der Waals surface area contributed by atoms with Gasteiger partial charge in [-0.2, -0.15) is 10.2 Å². The van der Waals surface area contributed by atoms with Crippen LogP contribution in [0.4, 0.5) is 8.78 Å². The lowest BCUT2D eigenvalue weighted by atomic mass is 10.1. The molecule has 166 valence electrons. The molecule has 0 radical (unpaired) electrons. The number of hydrogen-bond donors (Lipinski definition) is 1. The molecule has 0 spiro atoms. The maximum absolute atomic E-state index is 13.8. The molecule has 4 rings (SSSR count). The van der Waals surface area contributed by atoms with Gasteiger partial charge in [-0.1, -0.05) is 41.4 Å². The van der Waals surface area contributed by atoms with E-state index in [-0.39, 0.29) is 17.8 Å². The van der Waals surface area contributed by atoms with Gasteiger partial charge in [-0.05, 0) is 42.0 Å². The van der Waals surface area contributed by atoms with Crippen LogP contribution < -0.4 is 5.43 Å². The van der Waals surface area contributed by atoms with Crippen LogP contribution in [0.5, 0.6) is 0 Å². The highest BCUT2D eigenvalue weighted by Gasteiger charge is 2.17. The molecule has 0 saturated heterocycles. The predicted molar refractivity (Wildman–Crippen MR) is 122 cm³/mol. The van der Waals surface area contributed by atoms with Crippen molar-refractivity contribution in [3.05, 3.63) is 105 Å². The molecule has 2 heterocycles. The summed E-state index contributed by atoms with van der Waals surface area (Å²) in [7, 11) is 0. The lowest BCUT2D eigenvalue weighted by molar-refractivity contribution is 0.0945. The lowest BCUT2D eigenvalue weighted by Crippen LogP contribution is -2.22. The van der Waals surface area contributed by atoms with Gasteiger partial charge >= 0.3 is 0 Å². The first-order chi connectivity index (χ1) is 15.9. The van der Waals surface area contributed by atoms with E-state index < -0.39 is 17.5 Å². The molecule has 0 aliphatic carbocycles. The molecule has 1 N–H and O–H groups in total. The zero-order chi connectivity index (χ0) is 23.4. The van der Waals surface area contributed by atoms with Crippen molar-refractivity contribution in [1.29, 1.82) is 0 Å². The topological polar surface area (TPSA) is 72.2 Å². The summed E-state index contributed by atoms with van der Waals surface area (Å²) in [6.07, 6.45) is 2.68. The van der Waals surface area contributed by atoms with E-state index in [9.17, 15) is 13.6 Å². The first-order valence-corrected chi connectivity index (χ1v) is 10.4. The van der Waals surface area contributed by atoms with Gasteiger partial charge in [0.2, 0.25) is 0 Å². The summed E-state index contributed by atoms with van der Waals surface area (Å²) in [6, 6.07) is 15.1. The molecular weight excluding hydrogens is 471 g/mol. The van der Waals surface area contributed by atoms with Crippen molar-refractivity contribution in [2.24, 2.45) is 5.10 Å². The minimum Gasteiger partial charge on any atom is -0.266 e. The zero-order valence-electron chi connectivity index (χ0n) is 16.8. The number of hydrazone groups is 1. The summed E-state index contributed by atoms with van der Waals surface area (Å²) in [4.78, 5) is 16.9. The number of rotatable bonds is 6. The second-order valence-electron chi connectivity index (χ2n) is 6.93. The first-order valence-electron chi connectivity index (χ1n) is 9.62.